The van der Waals surface area contributed by atoms with Crippen molar-refractivity contribution in [2.75, 3.05) is 32.9 Å². The highest BCUT2D eigenvalue weighted by molar-refractivity contribution is 7.07. The van der Waals surface area contributed by atoms with E-state index in [0.29, 0.717) is 51.1 Å². The Kier molecular flexibility index (Phi) is 7.71. The largest absolute Gasteiger partial charge is 0.463 e. The molecule has 0 saturated carbocycles. The molecule has 0 N–H and O–H groups in total. The van der Waals surface area contributed by atoms with E-state index in [4.69, 9.17) is 32.7 Å². The van der Waals surface area contributed by atoms with Crippen molar-refractivity contribution in [2.45, 2.75) is 13.5 Å². The number of carbonyl (C=O) groups excluding carboxylic acids is 2. The van der Waals surface area contributed by atoms with Crippen molar-refractivity contribution in [1.82, 2.24) is 9.47 Å². The third kappa shape index (κ3) is 5.51. The van der Waals surface area contributed by atoms with Gasteiger partial charge in [-0.3, -0.25) is 14.2 Å². The van der Waals surface area contributed by atoms with E-state index >= 15 is 0 Å². The van der Waals surface area contributed by atoms with Gasteiger partial charge in [-0.15, -0.1) is 11.3 Å². The number of ether oxygens (including phenoxy) is 2. The van der Waals surface area contributed by atoms with Crippen LogP contribution in [-0.2, 0) is 25.6 Å². The first-order chi connectivity index (χ1) is 14.4. The van der Waals surface area contributed by atoms with Gasteiger partial charge in [0.15, 0.2) is 0 Å². The molecule has 1 aliphatic heterocycles. The van der Waals surface area contributed by atoms with Gasteiger partial charge >= 0.3 is 5.97 Å². The number of nitrogens with zero attached hydrogens (tertiary/aromatic N) is 2. The molecule has 160 valence electrons. The van der Waals surface area contributed by atoms with Gasteiger partial charge < -0.3 is 14.4 Å². The maximum atomic E-state index is 13.0. The molecule has 1 fully saturated rings. The Balaban J connectivity index is 2.05. The Morgan fingerprint density at radius 1 is 1.27 bits per heavy atom. The summed E-state index contributed by atoms with van der Waals surface area (Å²) in [6.45, 7) is 3.57. The number of morpholine rings is 1. The van der Waals surface area contributed by atoms with Crippen LogP contribution in [-0.4, -0.2) is 54.3 Å². The lowest BCUT2D eigenvalue weighted by Crippen LogP contribution is -2.45. The zero-order chi connectivity index (χ0) is 21.7. The molecule has 1 aromatic heterocycles. The predicted molar refractivity (Wildman–Crippen MR) is 116 cm³/mol. The normalized spacial score (nSPS) is 15.5. The third-order valence-corrected chi connectivity index (χ3v) is 5.99. The van der Waals surface area contributed by atoms with E-state index in [1.54, 1.807) is 36.1 Å². The Hall–Kier alpha value is -2.13. The first-order valence-corrected chi connectivity index (χ1v) is 10.9. The molecule has 10 heteroatoms. The molecule has 7 nitrogen and oxygen atoms in total. The lowest BCUT2D eigenvalue weighted by molar-refractivity contribution is -0.136. The summed E-state index contributed by atoms with van der Waals surface area (Å²) in [7, 11) is 0. The van der Waals surface area contributed by atoms with Gasteiger partial charge in [0.2, 0.25) is 5.91 Å². The minimum atomic E-state index is -0.581. The average Bonchev–Trinajstić information content (AvgIpc) is 2.99. The van der Waals surface area contributed by atoms with E-state index in [0.717, 1.165) is 11.3 Å². The van der Waals surface area contributed by atoms with Gasteiger partial charge in [-0.2, -0.15) is 0 Å². The molecule has 3 rings (SSSR count). The second-order valence-corrected chi connectivity index (χ2v) is 8.30. The topological polar surface area (TPSA) is 77.8 Å². The highest BCUT2D eigenvalue weighted by Crippen LogP contribution is 2.21. The fourth-order valence-corrected chi connectivity index (χ4v) is 4.37. The molecule has 0 radical (unpaired) electrons. The van der Waals surface area contributed by atoms with Crippen molar-refractivity contribution in [1.29, 1.82) is 0 Å². The summed E-state index contributed by atoms with van der Waals surface area (Å²) in [4.78, 5) is 39.3. The fraction of sp³-hybridized carbons (Fsp3) is 0.350. The Bertz CT molecular complexity index is 1120. The molecular weight excluding hydrogens is 451 g/mol. The summed E-state index contributed by atoms with van der Waals surface area (Å²) in [5, 5.41) is 0.871. The van der Waals surface area contributed by atoms with Crippen LogP contribution in [0, 0.1) is 0 Å². The van der Waals surface area contributed by atoms with Crippen LogP contribution in [0.5, 0.6) is 0 Å². The summed E-state index contributed by atoms with van der Waals surface area (Å²) in [5.74, 6) is -0.796. The summed E-state index contributed by atoms with van der Waals surface area (Å²) in [6.07, 6.45) is 2.84. The molecule has 0 unspecified atom stereocenters. The molecule has 30 heavy (non-hydrogen) atoms. The third-order valence-electron chi connectivity index (χ3n) is 4.37. The molecule has 1 aliphatic rings. The number of amides is 1. The quantitative estimate of drug-likeness (QED) is 0.614. The van der Waals surface area contributed by atoms with E-state index in [1.807, 2.05) is 0 Å². The van der Waals surface area contributed by atoms with Crippen LogP contribution in [0.4, 0.5) is 0 Å². The van der Waals surface area contributed by atoms with Gasteiger partial charge in [-0.1, -0.05) is 29.3 Å². The van der Waals surface area contributed by atoms with E-state index in [-0.39, 0.29) is 24.6 Å². The lowest BCUT2D eigenvalue weighted by Gasteiger charge is -2.26. The zero-order valence-corrected chi connectivity index (χ0v) is 18.6. The minimum absolute atomic E-state index is 0.178. The van der Waals surface area contributed by atoms with Crippen molar-refractivity contribution in [3.63, 3.8) is 0 Å². The van der Waals surface area contributed by atoms with E-state index in [9.17, 15) is 14.4 Å². The van der Waals surface area contributed by atoms with E-state index < -0.39 is 5.97 Å². The van der Waals surface area contributed by atoms with Crippen molar-refractivity contribution in [3.8, 4) is 0 Å². The molecule has 2 heterocycles. The summed E-state index contributed by atoms with van der Waals surface area (Å²) in [6, 6.07) is 4.94. The first kappa shape index (κ1) is 22.6. The van der Waals surface area contributed by atoms with Crippen LogP contribution in [0.2, 0.25) is 10.0 Å². The molecule has 1 amide bonds. The van der Waals surface area contributed by atoms with Crippen LogP contribution >= 0.6 is 34.5 Å². The number of hydrogen-bond acceptors (Lipinski definition) is 6. The standard InChI is InChI=1S/C20H20Cl2N2O5S/c1-2-29-19(26)11-18-24(12-17(25)23-5-7-28-8-6-23)20(27)16(30-18)9-13-3-4-14(21)10-15(13)22/h3-4,9-11H,2,5-8,12H2,1H3/b16-9-,18-11-. The Morgan fingerprint density at radius 2 is 2.00 bits per heavy atom. The minimum Gasteiger partial charge on any atom is -0.463 e. The molecule has 0 atom stereocenters. The number of halogens is 2. The monoisotopic (exact) mass is 470 g/mol. The Labute approximate surface area is 186 Å². The first-order valence-electron chi connectivity index (χ1n) is 9.29. The SMILES string of the molecule is CCOC(=O)/C=c1\s/c(=C\c2ccc(Cl)cc2Cl)c(=O)n1CC(=O)N1CCOCC1. The predicted octanol–water partition coefficient (Wildman–Crippen LogP) is 1.25. The van der Waals surface area contributed by atoms with Gasteiger partial charge in [0.1, 0.15) is 11.2 Å². The highest BCUT2D eigenvalue weighted by Gasteiger charge is 2.19. The van der Waals surface area contributed by atoms with Crippen molar-refractivity contribution >= 4 is 58.6 Å². The van der Waals surface area contributed by atoms with Crippen molar-refractivity contribution < 1.29 is 19.1 Å². The van der Waals surface area contributed by atoms with Crippen LogP contribution < -0.4 is 14.8 Å². The van der Waals surface area contributed by atoms with Gasteiger partial charge in [0.25, 0.3) is 5.56 Å². The molecular formula is C20H20Cl2N2O5S. The van der Waals surface area contributed by atoms with Gasteiger partial charge in [0, 0.05) is 23.1 Å². The fourth-order valence-electron chi connectivity index (χ4n) is 2.89. The lowest BCUT2D eigenvalue weighted by atomic mass is 10.2. The molecule has 1 aromatic carbocycles. The molecule has 1 saturated heterocycles. The smallest absolute Gasteiger partial charge is 0.333 e. The number of rotatable bonds is 5. The van der Waals surface area contributed by atoms with Gasteiger partial charge in [-0.25, -0.2) is 4.79 Å². The van der Waals surface area contributed by atoms with Crippen LogP contribution in [0.1, 0.15) is 12.5 Å². The summed E-state index contributed by atoms with van der Waals surface area (Å²) < 4.78 is 12.2. The van der Waals surface area contributed by atoms with Crippen molar-refractivity contribution in [2.24, 2.45) is 0 Å². The number of carbonyl (C=O) groups is 2. The number of benzene rings is 1. The van der Waals surface area contributed by atoms with Gasteiger partial charge in [-0.05, 0) is 30.7 Å². The maximum absolute atomic E-state index is 13.0. The second-order valence-electron chi connectivity index (χ2n) is 6.40. The zero-order valence-electron chi connectivity index (χ0n) is 16.2. The van der Waals surface area contributed by atoms with Crippen LogP contribution in [0.3, 0.4) is 0 Å². The van der Waals surface area contributed by atoms with Crippen LogP contribution in [0.25, 0.3) is 12.2 Å². The molecule has 0 aliphatic carbocycles. The van der Waals surface area contributed by atoms with E-state index in [1.165, 1.54) is 10.6 Å². The Morgan fingerprint density at radius 3 is 2.67 bits per heavy atom. The second kappa shape index (κ2) is 10.3. The molecule has 2 aromatic rings. The van der Waals surface area contributed by atoms with Crippen LogP contribution in [0.15, 0.2) is 23.0 Å². The average molecular weight is 471 g/mol. The molecule has 0 spiro atoms. The highest BCUT2D eigenvalue weighted by atomic mass is 35.5. The summed E-state index contributed by atoms with van der Waals surface area (Å²) >= 11 is 13.2. The number of thiazole rings is 1. The maximum Gasteiger partial charge on any atom is 0.333 e. The van der Waals surface area contributed by atoms with E-state index in [2.05, 4.69) is 0 Å². The number of aromatic nitrogens is 1. The number of esters is 1. The number of hydrogen-bond donors (Lipinski definition) is 0. The van der Waals surface area contributed by atoms with Crippen molar-refractivity contribution in [3.05, 3.63) is 53.4 Å². The van der Waals surface area contributed by atoms with Gasteiger partial charge in [0.05, 0.1) is 30.4 Å². The summed E-state index contributed by atoms with van der Waals surface area (Å²) in [5.41, 5.74) is 0.219. The molecule has 0 bridgehead atoms.